The van der Waals surface area contributed by atoms with Crippen LogP contribution in [0, 0.1) is 6.92 Å². The Morgan fingerprint density at radius 3 is 2.20 bits per heavy atom. The molecule has 0 aliphatic carbocycles. The van der Waals surface area contributed by atoms with Crippen molar-refractivity contribution in [3.8, 4) is 11.5 Å². The molecular weight excluding hydrogens is 572 g/mol. The molecule has 1 amide bonds. The highest BCUT2D eigenvalue weighted by Gasteiger charge is 2.10. The fourth-order valence-electron chi connectivity index (χ4n) is 3.57. The van der Waals surface area contributed by atoms with Crippen molar-refractivity contribution in [3.05, 3.63) is 104 Å². The first-order valence-electron chi connectivity index (χ1n) is 10.9. The highest BCUT2D eigenvalue weighted by molar-refractivity contribution is 9.11. The van der Waals surface area contributed by atoms with Gasteiger partial charge in [-0.15, -0.1) is 0 Å². The number of nitrogens with one attached hydrogen (secondary N) is 1. The van der Waals surface area contributed by atoms with Crippen molar-refractivity contribution in [2.45, 2.75) is 20.5 Å². The second-order valence-electron chi connectivity index (χ2n) is 8.11. The zero-order chi connectivity index (χ0) is 24.9. The zero-order valence-corrected chi connectivity index (χ0v) is 22.7. The summed E-state index contributed by atoms with van der Waals surface area (Å²) in [5.41, 5.74) is 6.90. The summed E-state index contributed by atoms with van der Waals surface area (Å²) >= 11 is 7.08. The van der Waals surface area contributed by atoms with Gasteiger partial charge in [0.15, 0.2) is 0 Å². The molecular formula is C28H24Br2N2O3. The van der Waals surface area contributed by atoms with E-state index in [0.717, 1.165) is 53.6 Å². The molecule has 0 saturated carbocycles. The second-order valence-corrected chi connectivity index (χ2v) is 9.82. The molecule has 0 radical (unpaired) electrons. The summed E-state index contributed by atoms with van der Waals surface area (Å²) in [5.74, 6) is 1.29. The number of nitrogens with zero attached hydrogens (tertiary/aromatic N) is 1. The molecule has 0 bridgehead atoms. The fourth-order valence-corrected chi connectivity index (χ4v) is 5.22. The van der Waals surface area contributed by atoms with Crippen LogP contribution in [-0.4, -0.2) is 18.7 Å². The van der Waals surface area contributed by atoms with Gasteiger partial charge < -0.3 is 9.47 Å². The predicted octanol–water partition coefficient (Wildman–Crippen LogP) is 7.41. The van der Waals surface area contributed by atoms with Crippen LogP contribution < -0.4 is 14.9 Å². The molecule has 0 atom stereocenters. The van der Waals surface area contributed by atoms with Gasteiger partial charge >= 0.3 is 0 Å². The molecule has 0 fully saturated rings. The highest BCUT2D eigenvalue weighted by atomic mass is 79.9. The van der Waals surface area contributed by atoms with Crippen molar-refractivity contribution in [1.29, 1.82) is 0 Å². The third-order valence-corrected chi connectivity index (χ3v) is 6.71. The van der Waals surface area contributed by atoms with Gasteiger partial charge in [0.2, 0.25) is 0 Å². The maximum absolute atomic E-state index is 12.6. The van der Waals surface area contributed by atoms with E-state index in [2.05, 4.69) is 42.4 Å². The van der Waals surface area contributed by atoms with Crippen molar-refractivity contribution in [1.82, 2.24) is 5.43 Å². The van der Waals surface area contributed by atoms with Gasteiger partial charge in [0.1, 0.15) is 18.1 Å². The van der Waals surface area contributed by atoms with Gasteiger partial charge in [-0.2, -0.15) is 5.10 Å². The van der Waals surface area contributed by atoms with Gasteiger partial charge in [-0.25, -0.2) is 5.43 Å². The van der Waals surface area contributed by atoms with E-state index < -0.39 is 0 Å². The van der Waals surface area contributed by atoms with Gasteiger partial charge in [-0.1, -0.05) is 30.3 Å². The summed E-state index contributed by atoms with van der Waals surface area (Å²) in [6, 6.07) is 23.2. The van der Waals surface area contributed by atoms with Gasteiger partial charge in [-0.05, 0) is 116 Å². The lowest BCUT2D eigenvalue weighted by molar-refractivity contribution is 0.0955. The van der Waals surface area contributed by atoms with Crippen LogP contribution in [0.1, 0.15) is 34.0 Å². The third-order valence-electron chi connectivity index (χ3n) is 5.53. The van der Waals surface area contributed by atoms with Crippen LogP contribution in [0.2, 0.25) is 0 Å². The van der Waals surface area contributed by atoms with Gasteiger partial charge in [-0.3, -0.25) is 4.79 Å². The second kappa shape index (κ2) is 11.1. The van der Waals surface area contributed by atoms with Crippen LogP contribution in [0.25, 0.3) is 10.8 Å². The molecule has 0 aliphatic heterocycles. The van der Waals surface area contributed by atoms with Crippen molar-refractivity contribution in [2.24, 2.45) is 5.10 Å². The molecule has 0 saturated heterocycles. The minimum Gasteiger partial charge on any atom is -0.497 e. The number of hydrogen-bond donors (Lipinski definition) is 1. The first kappa shape index (κ1) is 24.9. The Balaban J connectivity index is 1.38. The van der Waals surface area contributed by atoms with E-state index in [4.69, 9.17) is 9.47 Å². The number of aryl methyl sites for hydroxylation is 1. The quantitative estimate of drug-likeness (QED) is 0.179. The van der Waals surface area contributed by atoms with Gasteiger partial charge in [0.05, 0.1) is 21.8 Å². The van der Waals surface area contributed by atoms with E-state index in [9.17, 15) is 4.79 Å². The Bertz CT molecular complexity index is 1390. The first-order chi connectivity index (χ1) is 16.8. The minimum absolute atomic E-state index is 0.272. The normalized spacial score (nSPS) is 11.4. The molecule has 1 N–H and O–H groups in total. The smallest absolute Gasteiger partial charge is 0.271 e. The van der Waals surface area contributed by atoms with Crippen molar-refractivity contribution < 1.29 is 14.3 Å². The van der Waals surface area contributed by atoms with E-state index >= 15 is 0 Å². The molecule has 0 aliphatic rings. The molecule has 7 heteroatoms. The number of carbonyl (C=O) groups is 1. The largest absolute Gasteiger partial charge is 0.497 e. The molecule has 0 unspecified atom stereocenters. The average molecular weight is 596 g/mol. The van der Waals surface area contributed by atoms with E-state index in [1.165, 1.54) is 0 Å². The summed E-state index contributed by atoms with van der Waals surface area (Å²) < 4.78 is 13.0. The maximum atomic E-state index is 12.6. The molecule has 35 heavy (non-hydrogen) atoms. The number of benzene rings is 4. The number of amides is 1. The SMILES string of the molecule is COc1ccc2cc(/C(C)=N/NC(=O)c3ccc(COc4c(Br)cc(C)cc4Br)cc3)ccc2c1. The molecule has 4 aromatic carbocycles. The van der Waals surface area contributed by atoms with Crippen LogP contribution in [0.15, 0.2) is 86.8 Å². The van der Waals surface area contributed by atoms with Crippen molar-refractivity contribution >= 4 is 54.3 Å². The van der Waals surface area contributed by atoms with E-state index in [0.29, 0.717) is 12.2 Å². The number of methoxy groups -OCH3 is 1. The summed E-state index contributed by atoms with van der Waals surface area (Å²) in [4.78, 5) is 12.6. The molecule has 0 heterocycles. The minimum atomic E-state index is -0.272. The van der Waals surface area contributed by atoms with E-state index in [1.807, 2.05) is 74.5 Å². The number of carbonyl (C=O) groups excluding carboxylic acids is 1. The lowest BCUT2D eigenvalue weighted by Gasteiger charge is -2.11. The highest BCUT2D eigenvalue weighted by Crippen LogP contribution is 2.35. The molecule has 4 aromatic rings. The molecule has 0 aromatic heterocycles. The Hall–Kier alpha value is -3.16. The Morgan fingerprint density at radius 2 is 1.51 bits per heavy atom. The van der Waals surface area contributed by atoms with Crippen LogP contribution in [-0.2, 0) is 6.61 Å². The zero-order valence-electron chi connectivity index (χ0n) is 19.6. The monoisotopic (exact) mass is 594 g/mol. The van der Waals surface area contributed by atoms with E-state index in [-0.39, 0.29) is 5.91 Å². The Kier molecular flexibility index (Phi) is 7.88. The predicted molar refractivity (Wildman–Crippen MR) is 148 cm³/mol. The number of ether oxygens (including phenoxy) is 2. The van der Waals surface area contributed by atoms with Crippen molar-refractivity contribution in [3.63, 3.8) is 0 Å². The average Bonchev–Trinajstić information content (AvgIpc) is 2.86. The summed E-state index contributed by atoms with van der Waals surface area (Å²) in [6.07, 6.45) is 0. The molecule has 5 nitrogen and oxygen atoms in total. The maximum Gasteiger partial charge on any atom is 0.271 e. The number of rotatable bonds is 7. The van der Waals surface area contributed by atoms with Crippen LogP contribution >= 0.6 is 31.9 Å². The summed E-state index contributed by atoms with van der Waals surface area (Å²) in [7, 11) is 1.65. The number of hydrazone groups is 1. The topological polar surface area (TPSA) is 59.9 Å². The van der Waals surface area contributed by atoms with Gasteiger partial charge in [0.25, 0.3) is 5.91 Å². The molecule has 4 rings (SSSR count). The summed E-state index contributed by atoms with van der Waals surface area (Å²) in [5, 5.41) is 6.45. The standard InChI is InChI=1S/C28H24Br2N2O3/c1-17-12-25(29)27(26(30)13-17)35-16-19-4-6-20(7-5-19)28(33)32-31-18(2)21-8-9-23-15-24(34-3)11-10-22(23)14-21/h4-15H,16H2,1-3H3,(H,32,33)/b31-18+. The number of halogens is 2. The fraction of sp³-hybridized carbons (Fsp3) is 0.143. The first-order valence-corrected chi connectivity index (χ1v) is 12.5. The van der Waals surface area contributed by atoms with E-state index in [1.54, 1.807) is 19.2 Å². The Labute approximate surface area is 221 Å². The van der Waals surface area contributed by atoms with Crippen LogP contribution in [0.3, 0.4) is 0 Å². The summed E-state index contributed by atoms with van der Waals surface area (Å²) in [6.45, 7) is 4.27. The third kappa shape index (κ3) is 6.10. The van der Waals surface area contributed by atoms with Crippen LogP contribution in [0.5, 0.6) is 11.5 Å². The lowest BCUT2D eigenvalue weighted by Crippen LogP contribution is -2.19. The number of fused-ring (bicyclic) bond motifs is 1. The molecule has 178 valence electrons. The number of hydrogen-bond acceptors (Lipinski definition) is 4. The van der Waals surface area contributed by atoms with Crippen molar-refractivity contribution in [2.75, 3.05) is 7.11 Å². The Morgan fingerprint density at radius 1 is 0.886 bits per heavy atom. The van der Waals surface area contributed by atoms with Crippen LogP contribution in [0.4, 0.5) is 0 Å². The lowest BCUT2D eigenvalue weighted by atomic mass is 10.0. The molecule has 0 spiro atoms. The van der Waals surface area contributed by atoms with Gasteiger partial charge in [0, 0.05) is 5.56 Å².